The van der Waals surface area contributed by atoms with Crippen LogP contribution in [0.4, 0.5) is 0 Å². The second kappa shape index (κ2) is 5.81. The van der Waals surface area contributed by atoms with Crippen LogP contribution in [0, 0.1) is 0 Å². The molecule has 0 aliphatic rings. The summed E-state index contributed by atoms with van der Waals surface area (Å²) < 4.78 is 10.2. The number of ether oxygens (including phenoxy) is 2. The van der Waals surface area contributed by atoms with Gasteiger partial charge in [0.05, 0.1) is 26.1 Å². The van der Waals surface area contributed by atoms with Crippen LogP contribution in [-0.2, 0) is 0 Å². The second-order valence-electron chi connectivity index (χ2n) is 4.77. The van der Waals surface area contributed by atoms with Crippen LogP contribution in [-0.4, -0.2) is 29.5 Å². The molecule has 22 heavy (non-hydrogen) atoms. The number of phenols is 1. The molecule has 2 aromatic carbocycles. The van der Waals surface area contributed by atoms with Gasteiger partial charge in [0.1, 0.15) is 5.75 Å². The Bertz CT molecular complexity index is 779. The van der Waals surface area contributed by atoms with Crippen LogP contribution in [0.25, 0.3) is 22.4 Å². The van der Waals surface area contributed by atoms with E-state index in [1.54, 1.807) is 25.4 Å². The molecule has 3 rings (SSSR count). The maximum Gasteiger partial charge on any atom is 0.160 e. The monoisotopic (exact) mass is 296 g/mol. The van der Waals surface area contributed by atoms with E-state index in [2.05, 4.69) is 10.2 Å². The lowest BCUT2D eigenvalue weighted by atomic mass is 10.0. The molecular formula is C17H16N2O3. The zero-order valence-corrected chi connectivity index (χ0v) is 12.3. The van der Waals surface area contributed by atoms with Gasteiger partial charge >= 0.3 is 0 Å². The summed E-state index contributed by atoms with van der Waals surface area (Å²) in [5.74, 6) is 1.33. The van der Waals surface area contributed by atoms with Crippen LogP contribution in [0.5, 0.6) is 17.2 Å². The molecule has 3 aromatic rings. The fourth-order valence-corrected chi connectivity index (χ4v) is 2.34. The largest absolute Gasteiger partial charge is 0.504 e. The smallest absolute Gasteiger partial charge is 0.160 e. The summed E-state index contributed by atoms with van der Waals surface area (Å²) in [7, 11) is 3.16. The minimum atomic E-state index is 0.0929. The van der Waals surface area contributed by atoms with Crippen molar-refractivity contribution in [1.29, 1.82) is 0 Å². The van der Waals surface area contributed by atoms with Crippen molar-refractivity contribution in [1.82, 2.24) is 10.2 Å². The van der Waals surface area contributed by atoms with Crippen LogP contribution in [0.3, 0.4) is 0 Å². The number of aromatic hydroxyl groups is 1. The molecule has 0 aliphatic carbocycles. The molecule has 0 saturated heterocycles. The van der Waals surface area contributed by atoms with Gasteiger partial charge in [0.2, 0.25) is 0 Å². The number of aromatic amines is 1. The van der Waals surface area contributed by atoms with Gasteiger partial charge in [-0.15, -0.1) is 0 Å². The van der Waals surface area contributed by atoms with Gasteiger partial charge in [0.25, 0.3) is 0 Å². The molecule has 0 spiro atoms. The first-order chi connectivity index (χ1) is 10.7. The topological polar surface area (TPSA) is 67.4 Å². The van der Waals surface area contributed by atoms with Crippen LogP contribution in [0.1, 0.15) is 0 Å². The van der Waals surface area contributed by atoms with E-state index in [4.69, 9.17) is 9.47 Å². The number of nitrogens with zero attached hydrogens (tertiary/aromatic N) is 1. The number of H-pyrrole nitrogens is 1. The summed E-state index contributed by atoms with van der Waals surface area (Å²) in [5.41, 5.74) is 3.64. The summed E-state index contributed by atoms with van der Waals surface area (Å²) in [6, 6.07) is 13.0. The molecule has 0 fully saturated rings. The van der Waals surface area contributed by atoms with Crippen LogP contribution >= 0.6 is 0 Å². The number of phenolic OH excluding ortho intramolecular Hbond substituents is 1. The van der Waals surface area contributed by atoms with Gasteiger partial charge < -0.3 is 14.6 Å². The lowest BCUT2D eigenvalue weighted by molar-refractivity contribution is 0.373. The Morgan fingerprint density at radius 3 is 2.32 bits per heavy atom. The van der Waals surface area contributed by atoms with Gasteiger partial charge in [-0.25, -0.2) is 0 Å². The van der Waals surface area contributed by atoms with Gasteiger partial charge in [-0.3, -0.25) is 5.10 Å². The molecule has 0 amide bonds. The molecule has 112 valence electrons. The molecule has 1 heterocycles. The number of rotatable bonds is 4. The summed E-state index contributed by atoms with van der Waals surface area (Å²) in [6.45, 7) is 0. The third kappa shape index (κ3) is 2.48. The molecule has 0 unspecified atom stereocenters. The first-order valence-corrected chi connectivity index (χ1v) is 6.78. The van der Waals surface area contributed by atoms with E-state index in [-0.39, 0.29) is 5.75 Å². The maximum atomic E-state index is 9.94. The fourth-order valence-electron chi connectivity index (χ4n) is 2.34. The zero-order valence-electron chi connectivity index (χ0n) is 12.3. The average molecular weight is 296 g/mol. The summed E-state index contributed by atoms with van der Waals surface area (Å²) in [6.07, 6.45) is 1.76. The zero-order chi connectivity index (χ0) is 15.5. The predicted octanol–water partition coefficient (Wildman–Crippen LogP) is 3.47. The average Bonchev–Trinajstić information content (AvgIpc) is 3.04. The standard InChI is InChI=1S/C17H16N2O3/c1-21-13-6-3-11(4-7-13)14-10-18-19-17(14)12-5-8-16(22-2)15(20)9-12/h3-10,20H,1-2H3,(H,18,19). The number of aromatic nitrogens is 2. The summed E-state index contributed by atoms with van der Waals surface area (Å²) in [4.78, 5) is 0. The van der Waals surface area contributed by atoms with E-state index in [1.807, 2.05) is 30.3 Å². The molecule has 0 saturated carbocycles. The maximum absolute atomic E-state index is 9.94. The fraction of sp³-hybridized carbons (Fsp3) is 0.118. The van der Waals surface area contributed by atoms with Crippen LogP contribution in [0.2, 0.25) is 0 Å². The molecule has 0 aliphatic heterocycles. The van der Waals surface area contributed by atoms with Crippen molar-refractivity contribution in [3.05, 3.63) is 48.7 Å². The molecule has 1 aromatic heterocycles. The number of hydrogen-bond donors (Lipinski definition) is 2. The normalized spacial score (nSPS) is 10.5. The molecule has 5 heteroatoms. The highest BCUT2D eigenvalue weighted by atomic mass is 16.5. The van der Waals surface area contributed by atoms with Gasteiger partial charge in [0.15, 0.2) is 11.5 Å². The van der Waals surface area contributed by atoms with E-state index in [0.717, 1.165) is 28.1 Å². The van der Waals surface area contributed by atoms with Crippen molar-refractivity contribution in [2.45, 2.75) is 0 Å². The van der Waals surface area contributed by atoms with E-state index in [0.29, 0.717) is 5.75 Å². The van der Waals surface area contributed by atoms with Crippen molar-refractivity contribution >= 4 is 0 Å². The van der Waals surface area contributed by atoms with E-state index in [1.165, 1.54) is 7.11 Å². The lowest BCUT2D eigenvalue weighted by Crippen LogP contribution is -1.87. The summed E-state index contributed by atoms with van der Waals surface area (Å²) >= 11 is 0. The first kappa shape index (κ1) is 14.0. The molecule has 2 N–H and O–H groups in total. The van der Waals surface area contributed by atoms with Crippen molar-refractivity contribution in [2.24, 2.45) is 0 Å². The van der Waals surface area contributed by atoms with Gasteiger partial charge in [-0.05, 0) is 35.9 Å². The van der Waals surface area contributed by atoms with Crippen LogP contribution in [0.15, 0.2) is 48.7 Å². The Morgan fingerprint density at radius 2 is 1.68 bits per heavy atom. The van der Waals surface area contributed by atoms with Gasteiger partial charge in [-0.2, -0.15) is 5.10 Å². The quantitative estimate of drug-likeness (QED) is 0.773. The minimum absolute atomic E-state index is 0.0929. The number of methoxy groups -OCH3 is 2. The van der Waals surface area contributed by atoms with E-state index < -0.39 is 0 Å². The molecular weight excluding hydrogens is 280 g/mol. The molecule has 0 bridgehead atoms. The second-order valence-corrected chi connectivity index (χ2v) is 4.77. The molecule has 0 atom stereocenters. The van der Waals surface area contributed by atoms with Crippen molar-refractivity contribution in [2.75, 3.05) is 14.2 Å². The highest BCUT2D eigenvalue weighted by molar-refractivity contribution is 5.81. The minimum Gasteiger partial charge on any atom is -0.504 e. The first-order valence-electron chi connectivity index (χ1n) is 6.78. The van der Waals surface area contributed by atoms with Crippen molar-refractivity contribution in [3.63, 3.8) is 0 Å². The number of nitrogens with one attached hydrogen (secondary N) is 1. The lowest BCUT2D eigenvalue weighted by Gasteiger charge is -2.08. The number of benzene rings is 2. The van der Waals surface area contributed by atoms with Gasteiger partial charge in [0, 0.05) is 11.1 Å². The predicted molar refractivity (Wildman–Crippen MR) is 84.2 cm³/mol. The summed E-state index contributed by atoms with van der Waals surface area (Å²) in [5, 5.41) is 17.0. The van der Waals surface area contributed by atoms with E-state index in [9.17, 15) is 5.11 Å². The SMILES string of the molecule is COc1ccc(-c2cn[nH]c2-c2ccc(OC)c(O)c2)cc1. The Hall–Kier alpha value is -2.95. The van der Waals surface area contributed by atoms with Crippen LogP contribution < -0.4 is 9.47 Å². The third-order valence-electron chi connectivity index (χ3n) is 3.51. The Balaban J connectivity index is 2.02. The molecule has 0 radical (unpaired) electrons. The Kier molecular flexibility index (Phi) is 3.70. The van der Waals surface area contributed by atoms with Crippen molar-refractivity contribution < 1.29 is 14.6 Å². The van der Waals surface area contributed by atoms with Gasteiger partial charge in [-0.1, -0.05) is 12.1 Å². The highest BCUT2D eigenvalue weighted by Crippen LogP contribution is 2.35. The number of hydrogen-bond acceptors (Lipinski definition) is 4. The highest BCUT2D eigenvalue weighted by Gasteiger charge is 2.12. The Morgan fingerprint density at radius 1 is 0.955 bits per heavy atom. The Labute approximate surface area is 128 Å². The van der Waals surface area contributed by atoms with Crippen molar-refractivity contribution in [3.8, 4) is 39.6 Å². The molecule has 5 nitrogen and oxygen atoms in total. The van der Waals surface area contributed by atoms with E-state index >= 15 is 0 Å². The third-order valence-corrected chi connectivity index (χ3v) is 3.51.